The first-order chi connectivity index (χ1) is 5.77. The van der Waals surface area contributed by atoms with Gasteiger partial charge in [0.2, 0.25) is 12.6 Å². The zero-order valence-corrected chi connectivity index (χ0v) is 7.23. The number of hydrogen-bond acceptors (Lipinski definition) is 2. The van der Waals surface area contributed by atoms with Gasteiger partial charge in [-0.25, -0.2) is 0 Å². The highest BCUT2D eigenvalue weighted by Gasteiger charge is 2.32. The first-order valence-corrected chi connectivity index (χ1v) is 4.32. The smallest absolute Gasteiger partial charge is 0.231 e. The summed E-state index contributed by atoms with van der Waals surface area (Å²) >= 11 is 0. The van der Waals surface area contributed by atoms with Gasteiger partial charge in [0.15, 0.2) is 0 Å². The number of nitroso groups, excluding NO2 is 1. The Morgan fingerprint density at radius 1 is 1.67 bits per heavy atom. The fraction of sp³-hybridized carbons (Fsp3) is 0.556. The maximum Gasteiger partial charge on any atom is 0.231 e. The van der Waals surface area contributed by atoms with E-state index in [0.717, 1.165) is 23.5 Å². The minimum Gasteiger partial charge on any atom is -0.359 e. The fourth-order valence-corrected chi connectivity index (χ4v) is 1.66. The number of rotatable bonds is 0. The molecule has 0 amide bonds. The standard InChI is InChI=1S/C9H13N2O/c1-8-6-10-5-3-2-4-9(10)7-11(8)12/h2-4,8H,5-7H2,1H3/q+1. The van der Waals surface area contributed by atoms with E-state index in [-0.39, 0.29) is 6.04 Å². The Labute approximate surface area is 71.9 Å². The summed E-state index contributed by atoms with van der Waals surface area (Å²) in [4.78, 5) is 13.5. The number of fused-ring (bicyclic) bond motifs is 1. The second-order valence-corrected chi connectivity index (χ2v) is 3.42. The molecule has 0 bridgehead atoms. The third-order valence-electron chi connectivity index (χ3n) is 2.45. The molecule has 1 unspecified atom stereocenters. The van der Waals surface area contributed by atoms with Gasteiger partial charge in [0.1, 0.15) is 0 Å². The molecule has 0 aromatic rings. The second kappa shape index (κ2) is 2.73. The van der Waals surface area contributed by atoms with Crippen LogP contribution in [0, 0.1) is 4.91 Å². The molecule has 0 N–H and O–H groups in total. The second-order valence-electron chi connectivity index (χ2n) is 3.42. The zero-order chi connectivity index (χ0) is 8.55. The van der Waals surface area contributed by atoms with E-state index in [9.17, 15) is 4.91 Å². The maximum absolute atomic E-state index is 11.3. The lowest BCUT2D eigenvalue weighted by molar-refractivity contribution is -0.585. The van der Waals surface area contributed by atoms with E-state index in [2.05, 4.69) is 11.0 Å². The van der Waals surface area contributed by atoms with Crippen molar-refractivity contribution < 1.29 is 4.76 Å². The largest absolute Gasteiger partial charge is 0.359 e. The lowest BCUT2D eigenvalue weighted by Gasteiger charge is -2.30. The van der Waals surface area contributed by atoms with Crippen LogP contribution in [0.4, 0.5) is 0 Å². The van der Waals surface area contributed by atoms with E-state index in [1.54, 1.807) is 0 Å². The van der Waals surface area contributed by atoms with Crippen molar-refractivity contribution in [2.45, 2.75) is 13.0 Å². The van der Waals surface area contributed by atoms with Crippen LogP contribution in [0.15, 0.2) is 23.9 Å². The first kappa shape index (κ1) is 7.53. The summed E-state index contributed by atoms with van der Waals surface area (Å²) in [5.74, 6) is 0. The van der Waals surface area contributed by atoms with Crippen molar-refractivity contribution in [3.63, 3.8) is 0 Å². The lowest BCUT2D eigenvalue weighted by atomic mass is 10.1. The van der Waals surface area contributed by atoms with E-state index < -0.39 is 0 Å². The molecule has 2 rings (SSSR count). The Morgan fingerprint density at radius 2 is 2.50 bits per heavy atom. The number of nitrogens with zero attached hydrogens (tertiary/aromatic N) is 2. The highest BCUT2D eigenvalue weighted by molar-refractivity contribution is 5.18. The summed E-state index contributed by atoms with van der Waals surface area (Å²) in [7, 11) is 0. The fourth-order valence-electron chi connectivity index (χ4n) is 1.66. The van der Waals surface area contributed by atoms with Gasteiger partial charge in [0.25, 0.3) is 0 Å². The minimum atomic E-state index is 0.133. The van der Waals surface area contributed by atoms with Crippen LogP contribution in [0.2, 0.25) is 0 Å². The third kappa shape index (κ3) is 1.15. The van der Waals surface area contributed by atoms with Crippen LogP contribution in [0.1, 0.15) is 6.92 Å². The molecule has 1 atom stereocenters. The van der Waals surface area contributed by atoms with Crippen molar-refractivity contribution in [3.8, 4) is 0 Å². The molecule has 12 heavy (non-hydrogen) atoms. The maximum atomic E-state index is 11.3. The molecule has 0 saturated carbocycles. The van der Waals surface area contributed by atoms with Gasteiger partial charge in [0.05, 0.1) is 12.2 Å². The average molecular weight is 165 g/mol. The molecule has 0 aliphatic carbocycles. The van der Waals surface area contributed by atoms with Gasteiger partial charge in [0, 0.05) is 23.1 Å². The molecular formula is C9H13N2O+. The van der Waals surface area contributed by atoms with Gasteiger partial charge < -0.3 is 4.90 Å². The Balaban J connectivity index is 2.19. The van der Waals surface area contributed by atoms with Crippen LogP contribution < -0.4 is 0 Å². The van der Waals surface area contributed by atoms with Gasteiger partial charge in [-0.05, 0) is 6.08 Å². The normalized spacial score (nSPS) is 28.4. The Bertz CT molecular complexity index is 268. The molecule has 1 saturated heterocycles. The molecule has 1 fully saturated rings. The quantitative estimate of drug-likeness (QED) is 0.498. The molecule has 2 aliphatic heterocycles. The van der Waals surface area contributed by atoms with Crippen LogP contribution in [0.25, 0.3) is 0 Å². The van der Waals surface area contributed by atoms with Crippen molar-refractivity contribution >= 4 is 0 Å². The van der Waals surface area contributed by atoms with Crippen LogP contribution in [0.5, 0.6) is 0 Å². The molecule has 0 aromatic heterocycles. The van der Waals surface area contributed by atoms with Crippen LogP contribution in [-0.4, -0.2) is 35.3 Å². The molecule has 2 aliphatic rings. The molecule has 0 aromatic carbocycles. The molecular weight excluding hydrogens is 152 g/mol. The minimum absolute atomic E-state index is 0.133. The summed E-state index contributed by atoms with van der Waals surface area (Å²) in [6.07, 6.45) is 6.17. The van der Waals surface area contributed by atoms with Gasteiger partial charge >= 0.3 is 0 Å². The molecule has 2 heterocycles. The topological polar surface area (TPSA) is 23.3 Å². The van der Waals surface area contributed by atoms with Crippen molar-refractivity contribution in [1.29, 1.82) is 0 Å². The summed E-state index contributed by atoms with van der Waals surface area (Å²) in [5.41, 5.74) is 1.16. The summed E-state index contributed by atoms with van der Waals surface area (Å²) < 4.78 is 1.15. The molecule has 3 nitrogen and oxygen atoms in total. The van der Waals surface area contributed by atoms with Gasteiger partial charge in [-0.15, -0.1) is 0 Å². The van der Waals surface area contributed by atoms with Gasteiger partial charge in [-0.1, -0.05) is 12.2 Å². The Hall–Kier alpha value is -1.12. The summed E-state index contributed by atoms with van der Waals surface area (Å²) in [6.45, 7) is 4.34. The average Bonchev–Trinajstić information content (AvgIpc) is 2.07. The van der Waals surface area contributed by atoms with E-state index in [1.165, 1.54) is 0 Å². The van der Waals surface area contributed by atoms with Crippen LogP contribution in [0.3, 0.4) is 0 Å². The van der Waals surface area contributed by atoms with E-state index in [4.69, 9.17) is 0 Å². The van der Waals surface area contributed by atoms with E-state index in [0.29, 0.717) is 6.54 Å². The highest BCUT2D eigenvalue weighted by atomic mass is 16.3. The van der Waals surface area contributed by atoms with Crippen molar-refractivity contribution in [2.75, 3.05) is 19.6 Å². The molecule has 64 valence electrons. The number of allylic oxidation sites excluding steroid dienone is 2. The Morgan fingerprint density at radius 3 is 3.33 bits per heavy atom. The molecule has 0 radical (unpaired) electrons. The third-order valence-corrected chi connectivity index (χ3v) is 2.45. The molecule has 3 heteroatoms. The number of piperazine rings is 1. The van der Waals surface area contributed by atoms with E-state index in [1.807, 2.05) is 19.1 Å². The monoisotopic (exact) mass is 165 g/mol. The van der Waals surface area contributed by atoms with Gasteiger partial charge in [-0.2, -0.15) is 0 Å². The zero-order valence-electron chi connectivity index (χ0n) is 7.23. The Kier molecular flexibility index (Phi) is 1.71. The number of hydrogen-bond donors (Lipinski definition) is 0. The predicted molar refractivity (Wildman–Crippen MR) is 46.8 cm³/mol. The van der Waals surface area contributed by atoms with Crippen molar-refractivity contribution in [3.05, 3.63) is 28.8 Å². The van der Waals surface area contributed by atoms with Crippen molar-refractivity contribution in [1.82, 2.24) is 4.90 Å². The highest BCUT2D eigenvalue weighted by Crippen LogP contribution is 2.16. The van der Waals surface area contributed by atoms with Crippen LogP contribution >= 0.6 is 0 Å². The van der Waals surface area contributed by atoms with Crippen LogP contribution in [-0.2, 0) is 0 Å². The summed E-state index contributed by atoms with van der Waals surface area (Å²) in [6, 6.07) is 0.133. The van der Waals surface area contributed by atoms with Crippen molar-refractivity contribution in [2.24, 2.45) is 0 Å². The molecule has 0 spiro atoms. The predicted octanol–water partition coefficient (Wildman–Crippen LogP) is 0.923. The SMILES string of the molecule is CC1CN2CC=CC=C2C[N+]1=O. The summed E-state index contributed by atoms with van der Waals surface area (Å²) in [5, 5.41) is 0. The van der Waals surface area contributed by atoms with E-state index >= 15 is 0 Å². The van der Waals surface area contributed by atoms with Gasteiger partial charge in [-0.3, -0.25) is 0 Å². The first-order valence-electron chi connectivity index (χ1n) is 4.32. The lowest BCUT2D eigenvalue weighted by Crippen LogP contribution is -2.45.